The molecule has 0 unspecified atom stereocenters. The van der Waals surface area contributed by atoms with Crippen molar-refractivity contribution in [1.82, 2.24) is 10.2 Å². The maximum atomic E-state index is 12.6. The molecule has 7 heteroatoms. The van der Waals surface area contributed by atoms with Gasteiger partial charge in [-0.1, -0.05) is 24.6 Å². The van der Waals surface area contributed by atoms with E-state index in [-0.39, 0.29) is 42.0 Å². The van der Waals surface area contributed by atoms with Crippen LogP contribution in [0.5, 0.6) is 5.75 Å². The van der Waals surface area contributed by atoms with Crippen molar-refractivity contribution in [3.8, 4) is 5.75 Å². The summed E-state index contributed by atoms with van der Waals surface area (Å²) in [5, 5.41) is 2.91. The molecule has 1 heterocycles. The number of hydrogen-bond donors (Lipinski definition) is 1. The monoisotopic (exact) mass is 410 g/mol. The van der Waals surface area contributed by atoms with E-state index in [1.807, 2.05) is 31.1 Å². The number of amides is 1. The number of hydrogen-bond acceptors (Lipinski definition) is 5. The highest BCUT2D eigenvalue weighted by Gasteiger charge is 2.54. The quantitative estimate of drug-likeness (QED) is 0.698. The number of nitrogens with one attached hydrogen (secondary N) is 1. The predicted octanol–water partition coefficient (Wildman–Crippen LogP) is 2.25. The fourth-order valence-corrected chi connectivity index (χ4v) is 3.95. The topological polar surface area (TPSA) is 67.9 Å². The van der Waals surface area contributed by atoms with Crippen LogP contribution in [0.3, 0.4) is 0 Å². The van der Waals surface area contributed by atoms with Crippen LogP contribution < -0.4 is 10.1 Å². The third-order valence-electron chi connectivity index (χ3n) is 5.65. The number of rotatable bonds is 7. The Morgan fingerprint density at radius 3 is 2.82 bits per heavy atom. The summed E-state index contributed by atoms with van der Waals surface area (Å²) < 4.78 is 11.6. The minimum atomic E-state index is -0.606. The van der Waals surface area contributed by atoms with Crippen LogP contribution in [0, 0.1) is 6.92 Å². The van der Waals surface area contributed by atoms with Gasteiger partial charge in [0.1, 0.15) is 17.9 Å². The summed E-state index contributed by atoms with van der Waals surface area (Å²) in [6.07, 6.45) is 1.09. The van der Waals surface area contributed by atoms with E-state index in [0.29, 0.717) is 19.6 Å². The van der Waals surface area contributed by atoms with Gasteiger partial charge >= 0.3 is 0 Å². The molecule has 1 saturated carbocycles. The van der Waals surface area contributed by atoms with Crippen molar-refractivity contribution in [3.05, 3.63) is 29.3 Å². The average Bonchev–Trinajstić information content (AvgIpc) is 2.90. The Balaban J connectivity index is 0.00000280. The Kier molecular flexibility index (Phi) is 7.48. The molecule has 1 aliphatic carbocycles. The minimum absolute atomic E-state index is 0. The first-order valence-corrected chi connectivity index (χ1v) is 9.63. The van der Waals surface area contributed by atoms with Crippen LogP contribution in [0.4, 0.5) is 0 Å². The third-order valence-corrected chi connectivity index (χ3v) is 5.65. The third kappa shape index (κ3) is 4.67. The zero-order valence-corrected chi connectivity index (χ0v) is 17.9. The number of Topliss-reactive ketones (excluding diaryl/α,β-unsaturated/α-hetero) is 1. The number of likely N-dealkylation sites (N-methyl/N-ethyl adjacent to an activating group) is 1. The molecule has 156 valence electrons. The lowest BCUT2D eigenvalue weighted by molar-refractivity contribution is -0.133. The van der Waals surface area contributed by atoms with Crippen molar-refractivity contribution in [1.29, 1.82) is 0 Å². The second kappa shape index (κ2) is 9.25. The van der Waals surface area contributed by atoms with Gasteiger partial charge in [0, 0.05) is 30.4 Å². The number of carbonyl (C=O) groups is 2. The Hall–Kier alpha value is -1.63. The van der Waals surface area contributed by atoms with Crippen LogP contribution in [-0.4, -0.2) is 62.6 Å². The van der Waals surface area contributed by atoms with Gasteiger partial charge in [0.2, 0.25) is 5.91 Å². The molecule has 1 aromatic rings. The summed E-state index contributed by atoms with van der Waals surface area (Å²) in [6, 6.07) is 5.52. The Bertz CT molecular complexity index is 724. The number of nitrogens with zero attached hydrogens (tertiary/aromatic N) is 1. The number of aryl methyl sites for hydroxylation is 1. The molecule has 0 spiro atoms. The first-order chi connectivity index (χ1) is 12.8. The summed E-state index contributed by atoms with van der Waals surface area (Å²) in [6.45, 7) is 5.94. The highest BCUT2D eigenvalue weighted by atomic mass is 35.5. The Morgan fingerprint density at radius 2 is 2.11 bits per heavy atom. The van der Waals surface area contributed by atoms with E-state index in [1.165, 1.54) is 5.56 Å². The molecule has 1 amide bonds. The van der Waals surface area contributed by atoms with Gasteiger partial charge < -0.3 is 19.7 Å². The second-order valence-corrected chi connectivity index (χ2v) is 8.13. The predicted molar refractivity (Wildman–Crippen MR) is 110 cm³/mol. The summed E-state index contributed by atoms with van der Waals surface area (Å²) in [4.78, 5) is 26.9. The van der Waals surface area contributed by atoms with Crippen molar-refractivity contribution in [2.24, 2.45) is 0 Å². The smallest absolute Gasteiger partial charge is 0.223 e. The minimum Gasteiger partial charge on any atom is -0.487 e. The van der Waals surface area contributed by atoms with E-state index in [0.717, 1.165) is 24.3 Å². The lowest BCUT2D eigenvalue weighted by Crippen LogP contribution is -2.59. The van der Waals surface area contributed by atoms with Gasteiger partial charge in [0.25, 0.3) is 0 Å². The van der Waals surface area contributed by atoms with E-state index in [4.69, 9.17) is 9.47 Å². The van der Waals surface area contributed by atoms with Crippen LogP contribution in [-0.2, 0) is 19.7 Å². The van der Waals surface area contributed by atoms with Gasteiger partial charge in [-0.15, -0.1) is 12.4 Å². The molecule has 1 fully saturated rings. The highest BCUT2D eigenvalue weighted by molar-refractivity contribution is 5.91. The number of ether oxygens (including phenoxy) is 2. The molecule has 0 aromatic heterocycles. The highest BCUT2D eigenvalue weighted by Crippen LogP contribution is 2.49. The normalized spacial score (nSPS) is 25.5. The lowest BCUT2D eigenvalue weighted by atomic mass is 9.67. The van der Waals surface area contributed by atoms with Crippen molar-refractivity contribution in [2.75, 3.05) is 33.9 Å². The number of halogens is 1. The summed E-state index contributed by atoms with van der Waals surface area (Å²) in [5.41, 5.74) is 2.06. The molecule has 3 rings (SSSR count). The van der Waals surface area contributed by atoms with E-state index < -0.39 is 6.04 Å². The number of ketones is 1. The van der Waals surface area contributed by atoms with Gasteiger partial charge in [-0.05, 0) is 33.5 Å². The molecule has 28 heavy (non-hydrogen) atoms. The maximum absolute atomic E-state index is 12.6. The van der Waals surface area contributed by atoms with Crippen LogP contribution >= 0.6 is 12.4 Å². The van der Waals surface area contributed by atoms with Crippen molar-refractivity contribution in [3.63, 3.8) is 0 Å². The Labute approximate surface area is 173 Å². The van der Waals surface area contributed by atoms with Crippen LogP contribution in [0.15, 0.2) is 18.2 Å². The average molecular weight is 411 g/mol. The SMILES string of the molecule is Cc1ccc2c(c1)[C@]1(C)CCC(=O)[C@H](NC(=O)CCOCCN(C)C)[C@@H]1O2.Cl. The van der Waals surface area contributed by atoms with Crippen molar-refractivity contribution >= 4 is 24.1 Å². The molecule has 6 nitrogen and oxygen atoms in total. The molecule has 1 N–H and O–H groups in total. The maximum Gasteiger partial charge on any atom is 0.223 e. The van der Waals surface area contributed by atoms with E-state index in [9.17, 15) is 9.59 Å². The number of benzene rings is 1. The largest absolute Gasteiger partial charge is 0.487 e. The molecule has 1 aromatic carbocycles. The van der Waals surface area contributed by atoms with Crippen molar-refractivity contribution in [2.45, 2.75) is 50.7 Å². The fraction of sp³-hybridized carbons (Fsp3) is 0.619. The summed E-state index contributed by atoms with van der Waals surface area (Å²) >= 11 is 0. The number of carbonyl (C=O) groups excluding carboxylic acids is 2. The fourth-order valence-electron chi connectivity index (χ4n) is 3.95. The molecule has 3 atom stereocenters. The molecule has 0 radical (unpaired) electrons. The van der Waals surface area contributed by atoms with Crippen LogP contribution in [0.25, 0.3) is 0 Å². The summed E-state index contributed by atoms with van der Waals surface area (Å²) in [7, 11) is 3.95. The number of fused-ring (bicyclic) bond motifs is 3. The summed E-state index contributed by atoms with van der Waals surface area (Å²) in [5.74, 6) is 0.705. The first-order valence-electron chi connectivity index (χ1n) is 9.63. The van der Waals surface area contributed by atoms with Gasteiger partial charge in [-0.2, -0.15) is 0 Å². The molecule has 0 saturated heterocycles. The van der Waals surface area contributed by atoms with Gasteiger partial charge in [0.05, 0.1) is 13.2 Å². The molecular formula is C21H31ClN2O4. The molecule has 1 aliphatic heterocycles. The van der Waals surface area contributed by atoms with Crippen LogP contribution in [0.2, 0.25) is 0 Å². The van der Waals surface area contributed by atoms with Gasteiger partial charge in [-0.25, -0.2) is 0 Å². The van der Waals surface area contributed by atoms with Crippen LogP contribution in [0.1, 0.15) is 37.3 Å². The first kappa shape index (κ1) is 22.7. The van der Waals surface area contributed by atoms with Gasteiger partial charge in [-0.3, -0.25) is 9.59 Å². The standard InChI is InChI=1S/C21H30N2O4.ClH/c1-14-5-6-17-15(13-14)21(2)9-7-16(24)19(20(21)27-17)22-18(25)8-11-26-12-10-23(3)4;/h5-6,13,19-20H,7-12H2,1-4H3,(H,22,25);1H/t19-,20-,21-;/m0./s1. The van der Waals surface area contributed by atoms with Gasteiger partial charge in [0.15, 0.2) is 5.78 Å². The van der Waals surface area contributed by atoms with E-state index in [2.05, 4.69) is 25.2 Å². The molecule has 0 bridgehead atoms. The Morgan fingerprint density at radius 1 is 1.36 bits per heavy atom. The van der Waals surface area contributed by atoms with E-state index >= 15 is 0 Å². The lowest BCUT2D eigenvalue weighted by Gasteiger charge is -2.39. The zero-order valence-electron chi connectivity index (χ0n) is 17.1. The second-order valence-electron chi connectivity index (χ2n) is 8.13. The zero-order chi connectivity index (χ0) is 19.6. The molecule has 2 aliphatic rings. The van der Waals surface area contributed by atoms with Crippen molar-refractivity contribution < 1.29 is 19.1 Å². The molecular weight excluding hydrogens is 380 g/mol. The van der Waals surface area contributed by atoms with E-state index in [1.54, 1.807) is 0 Å².